The molecule has 0 aliphatic rings. The molecule has 0 fully saturated rings. The fourth-order valence-electron chi connectivity index (χ4n) is 2.15. The van der Waals surface area contributed by atoms with Crippen molar-refractivity contribution < 1.29 is 30.8 Å². The molecule has 1 amide bonds. The molecule has 0 radical (unpaired) electrons. The number of halogens is 4. The zero-order valence-corrected chi connectivity index (χ0v) is 13.4. The number of alkyl halides is 3. The van der Waals surface area contributed by atoms with Gasteiger partial charge in [0.25, 0.3) is 0 Å². The number of rotatable bonds is 5. The number of amides is 1. The van der Waals surface area contributed by atoms with Gasteiger partial charge in [0.15, 0.2) is 9.84 Å². The Morgan fingerprint density at radius 3 is 2.08 bits per heavy atom. The van der Waals surface area contributed by atoms with Crippen LogP contribution in [0.4, 0.5) is 17.6 Å². The molecule has 25 heavy (non-hydrogen) atoms. The smallest absolute Gasteiger partial charge is 0.347 e. The number of hydrogen-bond acceptors (Lipinski definition) is 3. The van der Waals surface area contributed by atoms with Gasteiger partial charge in [0.2, 0.25) is 0 Å². The zero-order chi connectivity index (χ0) is 18.7. The lowest BCUT2D eigenvalue weighted by molar-refractivity contribution is -0.173. The number of carbonyl (C=O) groups excluding carboxylic acids is 1. The molecule has 0 aliphatic carbocycles. The number of hydrogen-bond donors (Lipinski definition) is 1. The molecule has 0 heterocycles. The first kappa shape index (κ1) is 18.9. The third kappa shape index (κ3) is 4.56. The highest BCUT2D eigenvalue weighted by Gasteiger charge is 2.40. The van der Waals surface area contributed by atoms with Gasteiger partial charge in [-0.2, -0.15) is 13.2 Å². The van der Waals surface area contributed by atoms with E-state index in [1.165, 1.54) is 24.3 Å². The van der Waals surface area contributed by atoms with E-state index >= 15 is 0 Å². The minimum Gasteiger partial charge on any atom is -0.347 e. The van der Waals surface area contributed by atoms with Crippen molar-refractivity contribution in [2.24, 2.45) is 0 Å². The summed E-state index contributed by atoms with van der Waals surface area (Å²) in [5.74, 6) is -2.89. The van der Waals surface area contributed by atoms with Gasteiger partial charge in [-0.05, 0) is 29.8 Å². The molecule has 0 aliphatic heterocycles. The number of benzene rings is 2. The highest BCUT2D eigenvalue weighted by Crippen LogP contribution is 2.29. The number of nitrogens with one attached hydrogen (secondary N) is 1. The molecule has 0 aromatic heterocycles. The van der Waals surface area contributed by atoms with Gasteiger partial charge in [0.05, 0.1) is 4.90 Å². The molecule has 2 aromatic rings. The van der Waals surface area contributed by atoms with E-state index in [-0.39, 0.29) is 10.5 Å². The summed E-state index contributed by atoms with van der Waals surface area (Å²) < 4.78 is 75.6. The summed E-state index contributed by atoms with van der Waals surface area (Å²) in [5.41, 5.74) is 0.203. The van der Waals surface area contributed by atoms with Crippen LogP contribution in [0.3, 0.4) is 0 Å². The van der Waals surface area contributed by atoms with Gasteiger partial charge >= 0.3 is 12.1 Å². The van der Waals surface area contributed by atoms with E-state index in [1.54, 1.807) is 11.4 Å². The van der Waals surface area contributed by atoms with Gasteiger partial charge in [-0.25, -0.2) is 12.8 Å². The van der Waals surface area contributed by atoms with Crippen LogP contribution in [0, 0.1) is 5.82 Å². The summed E-state index contributed by atoms with van der Waals surface area (Å²) in [4.78, 5) is 10.8. The van der Waals surface area contributed by atoms with Crippen LogP contribution in [0.1, 0.15) is 10.8 Å². The molecular weight excluding hydrogens is 362 g/mol. The topological polar surface area (TPSA) is 63.2 Å². The second-order valence-corrected chi connectivity index (χ2v) is 7.24. The minimum atomic E-state index is -5.12. The molecular formula is C16H13F4NO3S. The maximum Gasteiger partial charge on any atom is 0.471 e. The van der Waals surface area contributed by atoms with Crippen molar-refractivity contribution in [1.29, 1.82) is 0 Å². The highest BCUT2D eigenvalue weighted by molar-refractivity contribution is 7.91. The lowest BCUT2D eigenvalue weighted by Gasteiger charge is -2.19. The highest BCUT2D eigenvalue weighted by atomic mass is 32.2. The quantitative estimate of drug-likeness (QED) is 0.646. The van der Waals surface area contributed by atoms with E-state index in [0.29, 0.717) is 0 Å². The number of sulfone groups is 1. The Kier molecular flexibility index (Phi) is 5.46. The van der Waals surface area contributed by atoms with Gasteiger partial charge in [0, 0.05) is 6.54 Å². The maximum atomic E-state index is 13.0. The molecule has 0 saturated heterocycles. The van der Waals surface area contributed by atoms with Gasteiger partial charge in [-0.1, -0.05) is 30.3 Å². The van der Waals surface area contributed by atoms with E-state index in [0.717, 1.165) is 24.3 Å². The van der Waals surface area contributed by atoms with E-state index in [2.05, 4.69) is 0 Å². The van der Waals surface area contributed by atoms with Crippen LogP contribution in [0.5, 0.6) is 0 Å². The Bertz CT molecular complexity index is 834. The predicted molar refractivity (Wildman–Crippen MR) is 81.8 cm³/mol. The molecule has 4 nitrogen and oxygen atoms in total. The molecule has 1 N–H and O–H groups in total. The Hall–Kier alpha value is -2.42. The van der Waals surface area contributed by atoms with Crippen molar-refractivity contribution in [2.45, 2.75) is 16.3 Å². The first-order valence-electron chi connectivity index (χ1n) is 7.02. The van der Waals surface area contributed by atoms with Crippen molar-refractivity contribution in [3.63, 3.8) is 0 Å². The summed E-state index contributed by atoms with van der Waals surface area (Å²) in [6.07, 6.45) is -5.12. The van der Waals surface area contributed by atoms with Crippen molar-refractivity contribution in [3.8, 4) is 0 Å². The van der Waals surface area contributed by atoms with Gasteiger partial charge in [-0.15, -0.1) is 0 Å². The molecule has 2 rings (SSSR count). The summed E-state index contributed by atoms with van der Waals surface area (Å²) >= 11 is 0. The largest absolute Gasteiger partial charge is 0.471 e. The summed E-state index contributed by atoms with van der Waals surface area (Å²) in [5, 5.41) is 0.138. The van der Waals surface area contributed by atoms with Crippen LogP contribution in [0.2, 0.25) is 0 Å². The zero-order valence-electron chi connectivity index (χ0n) is 12.6. The van der Waals surface area contributed by atoms with Crippen molar-refractivity contribution in [1.82, 2.24) is 5.32 Å². The maximum absolute atomic E-state index is 13.0. The van der Waals surface area contributed by atoms with Crippen molar-refractivity contribution >= 4 is 15.7 Å². The molecule has 9 heteroatoms. The Morgan fingerprint density at radius 2 is 1.56 bits per heavy atom. The Balaban J connectivity index is 2.38. The normalized spacial score (nSPS) is 13.3. The Morgan fingerprint density at radius 1 is 1.00 bits per heavy atom. The van der Waals surface area contributed by atoms with Crippen LogP contribution in [0.15, 0.2) is 59.5 Å². The molecule has 1 unspecified atom stereocenters. The predicted octanol–water partition coefficient (Wildman–Crippen LogP) is 3.02. The summed E-state index contributed by atoms with van der Waals surface area (Å²) in [6, 6.07) is 11.4. The van der Waals surface area contributed by atoms with Crippen LogP contribution >= 0.6 is 0 Å². The molecule has 0 bridgehead atoms. The average Bonchev–Trinajstić information content (AvgIpc) is 2.55. The second kappa shape index (κ2) is 7.22. The fourth-order valence-corrected chi connectivity index (χ4v) is 3.81. The third-order valence-corrected chi connectivity index (χ3v) is 5.51. The molecule has 134 valence electrons. The lowest BCUT2D eigenvalue weighted by Crippen LogP contribution is -2.40. The molecule has 0 spiro atoms. The lowest BCUT2D eigenvalue weighted by atomic mass is 10.1. The van der Waals surface area contributed by atoms with Crippen LogP contribution in [0.25, 0.3) is 0 Å². The van der Waals surface area contributed by atoms with Crippen LogP contribution in [-0.2, 0) is 14.6 Å². The van der Waals surface area contributed by atoms with E-state index in [1.807, 2.05) is 0 Å². The number of carbonyl (C=O) groups is 1. The Labute approximate surface area is 141 Å². The molecule has 1 atom stereocenters. The SMILES string of the molecule is O=C(NCC(c1ccccc1)S(=O)(=O)c1ccc(F)cc1)C(F)(F)F. The van der Waals surface area contributed by atoms with Crippen LogP contribution in [-0.4, -0.2) is 27.0 Å². The summed E-state index contributed by atoms with van der Waals surface area (Å²) in [6.45, 7) is -0.776. The molecule has 0 saturated carbocycles. The van der Waals surface area contributed by atoms with Gasteiger partial charge < -0.3 is 5.32 Å². The van der Waals surface area contributed by atoms with Crippen molar-refractivity contribution in [2.75, 3.05) is 6.54 Å². The second-order valence-electron chi connectivity index (χ2n) is 5.11. The third-order valence-electron chi connectivity index (χ3n) is 3.39. The first-order valence-corrected chi connectivity index (χ1v) is 8.56. The van der Waals surface area contributed by atoms with Gasteiger partial charge in [-0.3, -0.25) is 4.79 Å². The molecule has 2 aromatic carbocycles. The standard InChI is InChI=1S/C16H13F4NO3S/c17-12-6-8-13(9-7-12)25(23,24)14(11-4-2-1-3-5-11)10-21-15(22)16(18,19)20/h1-9,14H,10H2,(H,21,22). The van der Waals surface area contributed by atoms with Gasteiger partial charge in [0.1, 0.15) is 11.1 Å². The van der Waals surface area contributed by atoms with E-state index < -0.39 is 39.5 Å². The minimum absolute atomic E-state index is 0.203. The first-order chi connectivity index (χ1) is 11.6. The van der Waals surface area contributed by atoms with E-state index in [4.69, 9.17) is 0 Å². The summed E-state index contributed by atoms with van der Waals surface area (Å²) in [7, 11) is -4.16. The van der Waals surface area contributed by atoms with E-state index in [9.17, 15) is 30.8 Å². The fraction of sp³-hybridized carbons (Fsp3) is 0.188. The average molecular weight is 375 g/mol. The van der Waals surface area contributed by atoms with Crippen molar-refractivity contribution in [3.05, 3.63) is 66.0 Å². The monoisotopic (exact) mass is 375 g/mol. The van der Waals surface area contributed by atoms with Crippen LogP contribution < -0.4 is 5.32 Å².